The molecule has 0 aliphatic heterocycles. The van der Waals surface area contributed by atoms with Gasteiger partial charge in [-0.3, -0.25) is 9.69 Å². The van der Waals surface area contributed by atoms with Crippen molar-refractivity contribution in [2.45, 2.75) is 18.2 Å². The fraction of sp³-hybridized carbons (Fsp3) is 0.364. The summed E-state index contributed by atoms with van der Waals surface area (Å²) in [5.41, 5.74) is 1.63. The van der Waals surface area contributed by atoms with Crippen LogP contribution in [0.5, 0.6) is 5.75 Å². The van der Waals surface area contributed by atoms with Gasteiger partial charge in [0.15, 0.2) is 15.0 Å². The number of rotatable bonds is 9. The van der Waals surface area contributed by atoms with Crippen molar-refractivity contribution in [3.05, 3.63) is 47.8 Å². The summed E-state index contributed by atoms with van der Waals surface area (Å²) in [5, 5.41) is 0.422. The predicted molar refractivity (Wildman–Crippen MR) is 125 cm³/mol. The quantitative estimate of drug-likeness (QED) is 0.387. The Morgan fingerprint density at radius 1 is 1.12 bits per heavy atom. The molecule has 0 aliphatic rings. The van der Waals surface area contributed by atoms with Crippen molar-refractivity contribution in [1.82, 2.24) is 9.88 Å². The molecule has 11 heteroatoms. The molecule has 0 fully saturated rings. The number of thiazole rings is 1. The number of aryl methyl sites for hydroxylation is 1. The molecule has 1 amide bonds. The van der Waals surface area contributed by atoms with E-state index in [0.717, 1.165) is 28.9 Å². The molecule has 0 unspecified atom stereocenters. The number of fused-ring (bicyclic) bond motifs is 1. The highest BCUT2D eigenvalue weighted by Crippen LogP contribution is 2.36. The molecule has 0 aliphatic carbocycles. The van der Waals surface area contributed by atoms with E-state index in [1.54, 1.807) is 7.11 Å². The maximum absolute atomic E-state index is 13.2. The number of anilines is 1. The minimum Gasteiger partial charge on any atom is -1.00 e. The lowest BCUT2D eigenvalue weighted by Crippen LogP contribution is -3.00. The number of amides is 1. The summed E-state index contributed by atoms with van der Waals surface area (Å²) >= 11 is 1.33. The molecule has 0 radical (unpaired) electrons. The summed E-state index contributed by atoms with van der Waals surface area (Å²) in [7, 11) is 1.47. The van der Waals surface area contributed by atoms with Crippen molar-refractivity contribution in [1.29, 1.82) is 0 Å². The first-order chi connectivity index (χ1) is 15.1. The number of aromatic nitrogens is 1. The van der Waals surface area contributed by atoms with Crippen LogP contribution in [0.3, 0.4) is 0 Å². The number of benzene rings is 2. The van der Waals surface area contributed by atoms with Crippen LogP contribution in [-0.2, 0) is 14.6 Å². The average Bonchev–Trinajstić information content (AvgIpc) is 3.17. The summed E-state index contributed by atoms with van der Waals surface area (Å²) in [6, 6.07) is 8.20. The van der Waals surface area contributed by atoms with Gasteiger partial charge in [-0.25, -0.2) is 17.8 Å². The largest absolute Gasteiger partial charge is 1.00 e. The van der Waals surface area contributed by atoms with E-state index >= 15 is 0 Å². The van der Waals surface area contributed by atoms with E-state index in [1.807, 2.05) is 38.1 Å². The van der Waals surface area contributed by atoms with Gasteiger partial charge in [0.2, 0.25) is 5.91 Å². The zero-order chi connectivity index (χ0) is 23.5. The van der Waals surface area contributed by atoms with Crippen LogP contribution in [0.2, 0.25) is 0 Å². The molecule has 0 N–H and O–H groups in total. The molecule has 1 heterocycles. The standard InChI is InChI=1S/C22H26FN3O4S2.ClH/c1-15-6-11-18(30-4)20-21(15)31-22(24-20)26(13-5-12-25(2)3)19(27)14-32(28,29)17-9-7-16(23)8-10-17;/h6-11H,5,12-14H2,1-4H3;1H/p-1. The van der Waals surface area contributed by atoms with E-state index in [1.165, 1.54) is 28.4 Å². The van der Waals surface area contributed by atoms with Gasteiger partial charge < -0.3 is 22.0 Å². The van der Waals surface area contributed by atoms with E-state index in [9.17, 15) is 17.6 Å². The summed E-state index contributed by atoms with van der Waals surface area (Å²) < 4.78 is 45.0. The maximum Gasteiger partial charge on any atom is 0.244 e. The number of halogens is 2. The lowest BCUT2D eigenvalue weighted by molar-refractivity contribution is -0.116. The maximum atomic E-state index is 13.2. The van der Waals surface area contributed by atoms with Crippen molar-refractivity contribution in [2.75, 3.05) is 44.9 Å². The van der Waals surface area contributed by atoms with Crippen molar-refractivity contribution in [3.8, 4) is 5.75 Å². The molecule has 0 spiro atoms. The highest BCUT2D eigenvalue weighted by molar-refractivity contribution is 7.92. The Morgan fingerprint density at radius 2 is 1.79 bits per heavy atom. The van der Waals surface area contributed by atoms with Crippen LogP contribution >= 0.6 is 11.3 Å². The number of nitrogens with zero attached hydrogens (tertiary/aromatic N) is 3. The van der Waals surface area contributed by atoms with Gasteiger partial charge in [0.1, 0.15) is 22.8 Å². The smallest absolute Gasteiger partial charge is 0.244 e. The Balaban J connectivity index is 0.00000385. The molecule has 2 aromatic carbocycles. The first-order valence-electron chi connectivity index (χ1n) is 10.00. The van der Waals surface area contributed by atoms with Gasteiger partial charge in [-0.2, -0.15) is 0 Å². The van der Waals surface area contributed by atoms with E-state index in [0.29, 0.717) is 29.4 Å². The molecule has 3 aromatic rings. The van der Waals surface area contributed by atoms with E-state index in [2.05, 4.69) is 4.98 Å². The third-order valence-electron chi connectivity index (χ3n) is 4.92. The molecule has 180 valence electrons. The van der Waals surface area contributed by atoms with Gasteiger partial charge >= 0.3 is 0 Å². The number of sulfone groups is 1. The number of hydrogen-bond donors (Lipinski definition) is 0. The van der Waals surface area contributed by atoms with Gasteiger partial charge in [0.25, 0.3) is 0 Å². The van der Waals surface area contributed by atoms with E-state index in [-0.39, 0.29) is 17.3 Å². The lowest BCUT2D eigenvalue weighted by atomic mass is 10.2. The van der Waals surface area contributed by atoms with Gasteiger partial charge in [0.05, 0.1) is 16.7 Å². The van der Waals surface area contributed by atoms with E-state index in [4.69, 9.17) is 4.74 Å². The number of carbonyl (C=O) groups excluding carboxylic acids is 1. The van der Waals surface area contributed by atoms with Crippen LogP contribution in [-0.4, -0.2) is 64.3 Å². The zero-order valence-electron chi connectivity index (χ0n) is 18.8. The molecule has 1 aromatic heterocycles. The van der Waals surface area contributed by atoms with Gasteiger partial charge in [-0.1, -0.05) is 17.4 Å². The molecular weight excluding hydrogens is 489 g/mol. The summed E-state index contributed by atoms with van der Waals surface area (Å²) in [6.45, 7) is 2.99. The monoisotopic (exact) mass is 514 g/mol. The number of carbonyl (C=O) groups is 1. The van der Waals surface area contributed by atoms with Crippen molar-refractivity contribution >= 4 is 42.4 Å². The van der Waals surface area contributed by atoms with Crippen LogP contribution in [0.25, 0.3) is 10.2 Å². The van der Waals surface area contributed by atoms with Crippen LogP contribution in [0, 0.1) is 12.7 Å². The van der Waals surface area contributed by atoms with Crippen LogP contribution in [0.15, 0.2) is 41.3 Å². The fourth-order valence-corrected chi connectivity index (χ4v) is 5.51. The second-order valence-corrected chi connectivity index (χ2v) is 10.6. The van der Waals surface area contributed by atoms with Crippen LogP contribution < -0.4 is 22.0 Å². The Hall–Kier alpha value is -2.27. The molecule has 0 saturated heterocycles. The topological polar surface area (TPSA) is 79.8 Å². The molecule has 33 heavy (non-hydrogen) atoms. The molecular formula is C22H26ClFN3O4S2-. The zero-order valence-corrected chi connectivity index (χ0v) is 21.2. The first kappa shape index (κ1) is 27.0. The first-order valence-corrected chi connectivity index (χ1v) is 12.5. The Kier molecular flexibility index (Phi) is 9.19. The fourth-order valence-electron chi connectivity index (χ4n) is 3.22. The predicted octanol–water partition coefficient (Wildman–Crippen LogP) is 0.515. The van der Waals surface area contributed by atoms with Crippen LogP contribution in [0.4, 0.5) is 9.52 Å². The highest BCUT2D eigenvalue weighted by Gasteiger charge is 2.27. The van der Waals surface area contributed by atoms with Gasteiger partial charge in [-0.05, 0) is 69.9 Å². The Morgan fingerprint density at radius 3 is 2.39 bits per heavy atom. The second kappa shape index (κ2) is 11.2. The highest BCUT2D eigenvalue weighted by atomic mass is 35.5. The van der Waals surface area contributed by atoms with Crippen LogP contribution in [0.1, 0.15) is 12.0 Å². The van der Waals surface area contributed by atoms with Gasteiger partial charge in [-0.15, -0.1) is 0 Å². The molecule has 0 bridgehead atoms. The summed E-state index contributed by atoms with van der Waals surface area (Å²) in [5.74, 6) is -1.26. The lowest BCUT2D eigenvalue weighted by Gasteiger charge is -2.21. The SMILES string of the molecule is COc1ccc(C)c2sc(N(CCCN(C)C)C(=O)CS(=O)(=O)c3ccc(F)cc3)nc12.[Cl-]. The van der Waals surface area contributed by atoms with Crippen molar-refractivity contribution in [2.24, 2.45) is 0 Å². The molecule has 7 nitrogen and oxygen atoms in total. The number of ether oxygens (including phenoxy) is 1. The molecule has 0 saturated carbocycles. The normalized spacial score (nSPS) is 11.5. The van der Waals surface area contributed by atoms with Gasteiger partial charge in [0, 0.05) is 6.54 Å². The minimum atomic E-state index is -3.94. The van der Waals surface area contributed by atoms with E-state index < -0.39 is 27.3 Å². The molecule has 3 rings (SSSR count). The van der Waals surface area contributed by atoms with Crippen molar-refractivity contribution < 1.29 is 34.7 Å². The molecule has 0 atom stereocenters. The summed E-state index contributed by atoms with van der Waals surface area (Å²) in [4.78, 5) is 21.1. The summed E-state index contributed by atoms with van der Waals surface area (Å²) in [6.07, 6.45) is 0.640. The van der Waals surface area contributed by atoms with Crippen molar-refractivity contribution in [3.63, 3.8) is 0 Å². The Bertz CT molecular complexity index is 1210. The minimum absolute atomic E-state index is 0. The third-order valence-corrected chi connectivity index (χ3v) is 7.75. The Labute approximate surface area is 203 Å². The number of hydrogen-bond acceptors (Lipinski definition) is 7. The number of methoxy groups -OCH3 is 1. The average molecular weight is 515 g/mol. The third kappa shape index (κ3) is 6.41. The second-order valence-electron chi connectivity index (χ2n) is 7.67.